The maximum atomic E-state index is 6.13. The second-order valence-corrected chi connectivity index (χ2v) is 6.84. The van der Waals surface area contributed by atoms with E-state index in [1.54, 1.807) is 0 Å². The Balaban J connectivity index is 2.18. The van der Waals surface area contributed by atoms with Crippen molar-refractivity contribution in [3.05, 3.63) is 18.5 Å². The fourth-order valence-corrected chi connectivity index (χ4v) is 2.94. The average molecular weight is 277 g/mol. The Morgan fingerprint density at radius 2 is 1.85 bits per heavy atom. The zero-order chi connectivity index (χ0) is 14.8. The van der Waals surface area contributed by atoms with E-state index in [1.165, 1.54) is 0 Å². The fraction of sp³-hybridized carbons (Fsp3) is 0.688. The third-order valence-electron chi connectivity index (χ3n) is 3.36. The van der Waals surface area contributed by atoms with Gasteiger partial charge in [0.25, 0.3) is 0 Å². The lowest BCUT2D eigenvalue weighted by Gasteiger charge is -2.48. The Kier molecular flexibility index (Phi) is 4.23. The molecule has 0 radical (unpaired) electrons. The van der Waals surface area contributed by atoms with E-state index < -0.39 is 0 Å². The lowest BCUT2D eigenvalue weighted by molar-refractivity contribution is -0.133. The van der Waals surface area contributed by atoms with Gasteiger partial charge in [-0.3, -0.25) is 4.98 Å². The number of aromatic nitrogens is 1. The van der Waals surface area contributed by atoms with Gasteiger partial charge < -0.3 is 15.0 Å². The molecular weight excluding hydrogens is 250 g/mol. The molecule has 20 heavy (non-hydrogen) atoms. The van der Waals surface area contributed by atoms with Crippen molar-refractivity contribution in [3.8, 4) is 0 Å². The van der Waals surface area contributed by atoms with Crippen LogP contribution in [0.4, 0.5) is 11.4 Å². The first-order valence-electron chi connectivity index (χ1n) is 7.45. The molecule has 0 aromatic carbocycles. The average Bonchev–Trinajstić information content (AvgIpc) is 2.33. The Bertz CT molecular complexity index is 441. The largest absolute Gasteiger partial charge is 0.384 e. The lowest BCUT2D eigenvalue weighted by Crippen LogP contribution is -2.57. The van der Waals surface area contributed by atoms with E-state index in [9.17, 15) is 0 Å². The molecule has 1 aliphatic rings. The Labute approximate surface area is 122 Å². The number of nitrogens with zero attached hydrogens (tertiary/aromatic N) is 2. The lowest BCUT2D eigenvalue weighted by atomic mass is 9.98. The quantitative estimate of drug-likeness (QED) is 0.916. The van der Waals surface area contributed by atoms with E-state index in [0.29, 0.717) is 0 Å². The molecule has 4 nitrogen and oxygen atoms in total. The van der Waals surface area contributed by atoms with Gasteiger partial charge in [0, 0.05) is 19.6 Å². The van der Waals surface area contributed by atoms with Crippen LogP contribution in [0, 0.1) is 0 Å². The molecule has 0 atom stereocenters. The summed E-state index contributed by atoms with van der Waals surface area (Å²) < 4.78 is 6.13. The smallest absolute Gasteiger partial charge is 0.0808 e. The number of pyridine rings is 1. The number of ether oxygens (including phenoxy) is 1. The molecule has 1 saturated heterocycles. The van der Waals surface area contributed by atoms with Crippen molar-refractivity contribution >= 4 is 11.4 Å². The summed E-state index contributed by atoms with van der Waals surface area (Å²) >= 11 is 0. The fourth-order valence-electron chi connectivity index (χ4n) is 2.94. The van der Waals surface area contributed by atoms with Gasteiger partial charge in [-0.2, -0.15) is 0 Å². The Morgan fingerprint density at radius 1 is 1.20 bits per heavy atom. The molecule has 1 aromatic rings. The van der Waals surface area contributed by atoms with E-state index in [-0.39, 0.29) is 11.2 Å². The summed E-state index contributed by atoms with van der Waals surface area (Å²) in [7, 11) is 0. The highest BCUT2D eigenvalue weighted by molar-refractivity contribution is 5.56. The van der Waals surface area contributed by atoms with Crippen LogP contribution >= 0.6 is 0 Å². The van der Waals surface area contributed by atoms with E-state index in [4.69, 9.17) is 4.74 Å². The highest BCUT2D eigenvalue weighted by Crippen LogP contribution is 2.31. The first-order chi connectivity index (χ1) is 9.31. The van der Waals surface area contributed by atoms with Gasteiger partial charge in [-0.25, -0.2) is 0 Å². The molecular formula is C16H27N3O. The van der Waals surface area contributed by atoms with E-state index in [2.05, 4.69) is 55.9 Å². The van der Waals surface area contributed by atoms with Crippen LogP contribution in [0.5, 0.6) is 0 Å². The summed E-state index contributed by atoms with van der Waals surface area (Å²) in [5.41, 5.74) is 1.96. The van der Waals surface area contributed by atoms with Crippen LogP contribution in [0.3, 0.4) is 0 Å². The normalized spacial score (nSPS) is 20.8. The van der Waals surface area contributed by atoms with Crippen molar-refractivity contribution in [1.82, 2.24) is 4.98 Å². The van der Waals surface area contributed by atoms with Gasteiger partial charge in [0.15, 0.2) is 0 Å². The first-order valence-corrected chi connectivity index (χ1v) is 7.45. The SMILES string of the molecule is CCCNc1cncc(N2CC(C)(C)OC(C)(C)C2)c1. The number of hydrogen-bond donors (Lipinski definition) is 1. The summed E-state index contributed by atoms with van der Waals surface area (Å²) in [5, 5.41) is 3.39. The number of hydrogen-bond acceptors (Lipinski definition) is 4. The van der Waals surface area contributed by atoms with Gasteiger partial charge in [0.2, 0.25) is 0 Å². The van der Waals surface area contributed by atoms with E-state index in [1.807, 2.05) is 12.4 Å². The van der Waals surface area contributed by atoms with Gasteiger partial charge in [-0.05, 0) is 40.2 Å². The van der Waals surface area contributed by atoms with Crippen molar-refractivity contribution in [2.45, 2.75) is 52.2 Å². The second-order valence-electron chi connectivity index (χ2n) is 6.84. The molecule has 0 saturated carbocycles. The molecule has 2 rings (SSSR count). The molecule has 0 aliphatic carbocycles. The van der Waals surface area contributed by atoms with E-state index in [0.717, 1.165) is 37.4 Å². The molecule has 0 spiro atoms. The number of nitrogens with one attached hydrogen (secondary N) is 1. The Morgan fingerprint density at radius 3 is 2.45 bits per heavy atom. The van der Waals surface area contributed by atoms with Crippen LogP contribution in [0.2, 0.25) is 0 Å². The van der Waals surface area contributed by atoms with Crippen molar-refractivity contribution in [2.75, 3.05) is 29.9 Å². The number of morpholine rings is 1. The molecule has 0 bridgehead atoms. The van der Waals surface area contributed by atoms with Gasteiger partial charge in [0.05, 0.1) is 35.0 Å². The van der Waals surface area contributed by atoms with Crippen LogP contribution < -0.4 is 10.2 Å². The van der Waals surface area contributed by atoms with Crippen LogP contribution in [-0.2, 0) is 4.74 Å². The molecule has 4 heteroatoms. The van der Waals surface area contributed by atoms with E-state index >= 15 is 0 Å². The second kappa shape index (κ2) is 5.60. The van der Waals surface area contributed by atoms with Gasteiger partial charge in [-0.1, -0.05) is 6.92 Å². The molecule has 1 N–H and O–H groups in total. The summed E-state index contributed by atoms with van der Waals surface area (Å²) in [5.74, 6) is 0. The highest BCUT2D eigenvalue weighted by Gasteiger charge is 2.38. The van der Waals surface area contributed by atoms with Crippen LogP contribution in [0.15, 0.2) is 18.5 Å². The molecule has 1 aliphatic heterocycles. The maximum absolute atomic E-state index is 6.13. The molecule has 0 unspecified atom stereocenters. The zero-order valence-electron chi connectivity index (χ0n) is 13.4. The monoisotopic (exact) mass is 277 g/mol. The number of rotatable bonds is 4. The van der Waals surface area contributed by atoms with Gasteiger partial charge >= 0.3 is 0 Å². The zero-order valence-corrected chi connectivity index (χ0v) is 13.4. The van der Waals surface area contributed by atoms with Crippen LogP contribution in [0.25, 0.3) is 0 Å². The molecule has 1 aromatic heterocycles. The molecule has 1 fully saturated rings. The summed E-state index contributed by atoms with van der Waals surface area (Å²) in [4.78, 5) is 6.73. The minimum atomic E-state index is -0.144. The predicted molar refractivity (Wildman–Crippen MR) is 84.5 cm³/mol. The van der Waals surface area contributed by atoms with Crippen molar-refractivity contribution in [1.29, 1.82) is 0 Å². The minimum Gasteiger partial charge on any atom is -0.384 e. The minimum absolute atomic E-state index is 0.144. The van der Waals surface area contributed by atoms with Crippen LogP contribution in [0.1, 0.15) is 41.0 Å². The summed E-state index contributed by atoms with van der Waals surface area (Å²) in [6.07, 6.45) is 4.94. The molecule has 2 heterocycles. The highest BCUT2D eigenvalue weighted by atomic mass is 16.5. The molecule has 0 amide bonds. The summed E-state index contributed by atoms with van der Waals surface area (Å²) in [6.45, 7) is 13.5. The third-order valence-corrected chi connectivity index (χ3v) is 3.36. The molecule has 112 valence electrons. The summed E-state index contributed by atoms with van der Waals surface area (Å²) in [6, 6.07) is 2.18. The number of anilines is 2. The topological polar surface area (TPSA) is 37.4 Å². The van der Waals surface area contributed by atoms with Crippen molar-refractivity contribution in [2.24, 2.45) is 0 Å². The maximum Gasteiger partial charge on any atom is 0.0808 e. The third kappa shape index (κ3) is 3.85. The van der Waals surface area contributed by atoms with Gasteiger partial charge in [-0.15, -0.1) is 0 Å². The van der Waals surface area contributed by atoms with Crippen molar-refractivity contribution in [3.63, 3.8) is 0 Å². The van der Waals surface area contributed by atoms with Crippen molar-refractivity contribution < 1.29 is 4.74 Å². The Hall–Kier alpha value is -1.29. The predicted octanol–water partition coefficient (Wildman–Crippen LogP) is 3.30. The van der Waals surface area contributed by atoms with Crippen LogP contribution in [-0.4, -0.2) is 35.8 Å². The van der Waals surface area contributed by atoms with Gasteiger partial charge in [0.1, 0.15) is 0 Å². The first kappa shape index (κ1) is 15.1. The standard InChI is InChI=1S/C16H27N3O/c1-6-7-18-13-8-14(10-17-9-13)19-11-15(2,3)20-16(4,5)12-19/h8-10,18H,6-7,11-12H2,1-5H3.